The quantitative estimate of drug-likeness (QED) is 0.747. The van der Waals surface area contributed by atoms with Gasteiger partial charge in [0, 0.05) is 6.54 Å². The smallest absolute Gasteiger partial charge is 0.224 e. The Balaban J connectivity index is 2.54. The zero-order chi connectivity index (χ0) is 9.68. The molecule has 0 saturated heterocycles. The number of benzene rings is 1. The molecule has 0 unspecified atom stereocenters. The fourth-order valence-electron chi connectivity index (χ4n) is 1.15. The second kappa shape index (κ2) is 4.65. The molecule has 0 aliphatic carbocycles. The van der Waals surface area contributed by atoms with E-state index in [4.69, 9.17) is 0 Å². The van der Waals surface area contributed by atoms with E-state index in [1.165, 1.54) is 5.56 Å². The molecule has 0 saturated carbocycles. The number of carbonyl (C=O) groups excluding carboxylic acids is 1. The normalized spacial score (nSPS) is 9.69. The molecule has 0 atom stereocenters. The van der Waals surface area contributed by atoms with E-state index >= 15 is 0 Å². The summed E-state index contributed by atoms with van der Waals surface area (Å²) in [6, 6.07) is 8.03. The molecule has 0 heterocycles. The molecule has 2 nitrogen and oxygen atoms in total. The highest BCUT2D eigenvalue weighted by Crippen LogP contribution is 2.03. The van der Waals surface area contributed by atoms with Crippen molar-refractivity contribution in [2.75, 3.05) is 6.54 Å². The van der Waals surface area contributed by atoms with Gasteiger partial charge in [-0.1, -0.05) is 29.8 Å². The van der Waals surface area contributed by atoms with Crippen molar-refractivity contribution in [3.8, 4) is 0 Å². The van der Waals surface area contributed by atoms with Gasteiger partial charge < -0.3 is 5.32 Å². The van der Waals surface area contributed by atoms with Crippen LogP contribution in [0.5, 0.6) is 0 Å². The van der Waals surface area contributed by atoms with Gasteiger partial charge in [0.25, 0.3) is 0 Å². The first-order valence-electron chi connectivity index (χ1n) is 4.54. The first kappa shape index (κ1) is 9.78. The third-order valence-electron chi connectivity index (χ3n) is 1.86. The number of carbonyl (C=O) groups is 1. The van der Waals surface area contributed by atoms with Crippen LogP contribution in [0.15, 0.2) is 24.3 Å². The summed E-state index contributed by atoms with van der Waals surface area (Å²) >= 11 is 0. The van der Waals surface area contributed by atoms with Crippen LogP contribution in [0.1, 0.15) is 18.1 Å². The number of rotatable bonds is 3. The average Bonchev–Trinajstić information content (AvgIpc) is 2.09. The molecule has 0 fully saturated rings. The van der Waals surface area contributed by atoms with Crippen molar-refractivity contribution in [1.29, 1.82) is 0 Å². The van der Waals surface area contributed by atoms with Crippen molar-refractivity contribution in [3.63, 3.8) is 0 Å². The average molecular weight is 177 g/mol. The molecular formula is C11H15NO. The predicted molar refractivity (Wildman–Crippen MR) is 53.6 cm³/mol. The molecule has 1 aromatic rings. The van der Waals surface area contributed by atoms with Crippen molar-refractivity contribution >= 4 is 5.91 Å². The fourth-order valence-corrected chi connectivity index (χ4v) is 1.15. The van der Waals surface area contributed by atoms with Crippen LogP contribution >= 0.6 is 0 Å². The van der Waals surface area contributed by atoms with Crippen molar-refractivity contribution in [3.05, 3.63) is 35.4 Å². The lowest BCUT2D eigenvalue weighted by Crippen LogP contribution is -2.24. The molecule has 0 aliphatic heterocycles. The number of aryl methyl sites for hydroxylation is 1. The third kappa shape index (κ3) is 3.28. The highest BCUT2D eigenvalue weighted by molar-refractivity contribution is 5.78. The molecule has 13 heavy (non-hydrogen) atoms. The molecule has 1 N–H and O–H groups in total. The lowest BCUT2D eigenvalue weighted by molar-refractivity contribution is -0.120. The zero-order valence-corrected chi connectivity index (χ0v) is 8.13. The number of hydrogen-bond donors (Lipinski definition) is 1. The Labute approximate surface area is 79.0 Å². The third-order valence-corrected chi connectivity index (χ3v) is 1.86. The van der Waals surface area contributed by atoms with E-state index in [2.05, 4.69) is 5.32 Å². The van der Waals surface area contributed by atoms with Crippen LogP contribution < -0.4 is 5.32 Å². The number of amides is 1. The Morgan fingerprint density at radius 1 is 1.31 bits per heavy atom. The molecular weight excluding hydrogens is 162 g/mol. The molecule has 2 heteroatoms. The Morgan fingerprint density at radius 3 is 2.46 bits per heavy atom. The molecule has 1 aromatic carbocycles. The number of nitrogens with one attached hydrogen (secondary N) is 1. The summed E-state index contributed by atoms with van der Waals surface area (Å²) in [7, 11) is 0. The van der Waals surface area contributed by atoms with Gasteiger partial charge in [-0.15, -0.1) is 0 Å². The first-order valence-corrected chi connectivity index (χ1v) is 4.54. The minimum atomic E-state index is 0.0892. The van der Waals surface area contributed by atoms with Gasteiger partial charge in [-0.05, 0) is 19.4 Å². The zero-order valence-electron chi connectivity index (χ0n) is 8.13. The van der Waals surface area contributed by atoms with E-state index in [-0.39, 0.29) is 5.91 Å². The lowest BCUT2D eigenvalue weighted by Gasteiger charge is -2.02. The Hall–Kier alpha value is -1.31. The molecule has 70 valence electrons. The molecule has 1 rings (SSSR count). The topological polar surface area (TPSA) is 29.1 Å². The summed E-state index contributed by atoms with van der Waals surface area (Å²) in [6.45, 7) is 4.66. The van der Waals surface area contributed by atoms with Gasteiger partial charge in [-0.2, -0.15) is 0 Å². The SMILES string of the molecule is CCNC(=O)Cc1ccc(C)cc1. The summed E-state index contributed by atoms with van der Waals surface area (Å²) in [6.07, 6.45) is 0.480. The Morgan fingerprint density at radius 2 is 1.92 bits per heavy atom. The maximum Gasteiger partial charge on any atom is 0.224 e. The van der Waals surface area contributed by atoms with Gasteiger partial charge in [0.1, 0.15) is 0 Å². The van der Waals surface area contributed by atoms with Crippen LogP contribution in [-0.4, -0.2) is 12.5 Å². The maximum absolute atomic E-state index is 11.2. The van der Waals surface area contributed by atoms with Crippen LogP contribution in [0.4, 0.5) is 0 Å². The summed E-state index contributed by atoms with van der Waals surface area (Å²) in [5, 5.41) is 2.77. The second-order valence-electron chi connectivity index (χ2n) is 3.12. The van der Waals surface area contributed by atoms with Crippen LogP contribution in [-0.2, 0) is 11.2 Å². The van der Waals surface area contributed by atoms with Gasteiger partial charge in [0.15, 0.2) is 0 Å². The molecule has 0 bridgehead atoms. The molecule has 0 aliphatic rings. The molecule has 0 spiro atoms. The minimum absolute atomic E-state index is 0.0892. The Bertz CT molecular complexity index is 277. The molecule has 1 amide bonds. The van der Waals surface area contributed by atoms with Crippen molar-refractivity contribution < 1.29 is 4.79 Å². The summed E-state index contributed by atoms with van der Waals surface area (Å²) in [4.78, 5) is 11.2. The molecule has 0 radical (unpaired) electrons. The highest BCUT2D eigenvalue weighted by Gasteiger charge is 2.00. The van der Waals surface area contributed by atoms with Crippen LogP contribution in [0.25, 0.3) is 0 Å². The van der Waals surface area contributed by atoms with E-state index in [9.17, 15) is 4.79 Å². The van der Waals surface area contributed by atoms with Crippen molar-refractivity contribution in [2.45, 2.75) is 20.3 Å². The minimum Gasteiger partial charge on any atom is -0.356 e. The van der Waals surface area contributed by atoms with Gasteiger partial charge in [-0.25, -0.2) is 0 Å². The van der Waals surface area contributed by atoms with E-state index in [1.54, 1.807) is 0 Å². The molecule has 0 aromatic heterocycles. The number of hydrogen-bond acceptors (Lipinski definition) is 1. The second-order valence-corrected chi connectivity index (χ2v) is 3.12. The standard InChI is InChI=1S/C11H15NO/c1-3-12-11(13)8-10-6-4-9(2)5-7-10/h4-7H,3,8H2,1-2H3,(H,12,13). The van der Waals surface area contributed by atoms with Crippen LogP contribution in [0, 0.1) is 6.92 Å². The number of likely N-dealkylation sites (N-methyl/N-ethyl adjacent to an activating group) is 1. The van der Waals surface area contributed by atoms with E-state index in [0.29, 0.717) is 13.0 Å². The summed E-state index contributed by atoms with van der Waals surface area (Å²) in [5.74, 6) is 0.0892. The van der Waals surface area contributed by atoms with Crippen molar-refractivity contribution in [2.24, 2.45) is 0 Å². The summed E-state index contributed by atoms with van der Waals surface area (Å²) in [5.41, 5.74) is 2.29. The maximum atomic E-state index is 11.2. The monoisotopic (exact) mass is 177 g/mol. The van der Waals surface area contributed by atoms with Gasteiger partial charge in [-0.3, -0.25) is 4.79 Å². The van der Waals surface area contributed by atoms with Crippen molar-refractivity contribution in [1.82, 2.24) is 5.32 Å². The van der Waals surface area contributed by atoms with Gasteiger partial charge in [0.2, 0.25) is 5.91 Å². The largest absolute Gasteiger partial charge is 0.356 e. The first-order chi connectivity index (χ1) is 6.22. The van der Waals surface area contributed by atoms with E-state index in [0.717, 1.165) is 5.56 Å². The fraction of sp³-hybridized carbons (Fsp3) is 0.364. The van der Waals surface area contributed by atoms with Gasteiger partial charge >= 0.3 is 0 Å². The van der Waals surface area contributed by atoms with Crippen LogP contribution in [0.3, 0.4) is 0 Å². The lowest BCUT2D eigenvalue weighted by atomic mass is 10.1. The highest BCUT2D eigenvalue weighted by atomic mass is 16.1. The predicted octanol–water partition coefficient (Wildman–Crippen LogP) is 1.67. The van der Waals surface area contributed by atoms with Crippen LogP contribution in [0.2, 0.25) is 0 Å². The van der Waals surface area contributed by atoms with E-state index in [1.807, 2.05) is 38.1 Å². The Kier molecular flexibility index (Phi) is 3.50. The van der Waals surface area contributed by atoms with Gasteiger partial charge in [0.05, 0.1) is 6.42 Å². The summed E-state index contributed by atoms with van der Waals surface area (Å²) < 4.78 is 0. The van der Waals surface area contributed by atoms with E-state index < -0.39 is 0 Å².